The number of thioether (sulfide) groups is 1. The lowest BCUT2D eigenvalue weighted by Gasteiger charge is -2.26. The van der Waals surface area contributed by atoms with Crippen LogP contribution in [0, 0.1) is 19.7 Å². The molecule has 1 aliphatic heterocycles. The van der Waals surface area contributed by atoms with E-state index in [9.17, 15) is 9.18 Å². The second kappa shape index (κ2) is 10.5. The Morgan fingerprint density at radius 3 is 2.39 bits per heavy atom. The average molecular weight is 468 g/mol. The average Bonchev–Trinajstić information content (AvgIpc) is 3.19. The fourth-order valence-electron chi connectivity index (χ4n) is 4.09. The summed E-state index contributed by atoms with van der Waals surface area (Å²) in [4.78, 5) is 15.4. The fraction of sp³-hybridized carbons (Fsp3) is 0.400. The topological polar surface area (TPSA) is 63.1 Å². The molecule has 4 rings (SSSR count). The Labute approximate surface area is 198 Å². The van der Waals surface area contributed by atoms with Gasteiger partial charge in [0.15, 0.2) is 11.0 Å². The van der Waals surface area contributed by atoms with E-state index in [1.165, 1.54) is 43.2 Å². The molecule has 2 aromatic carbocycles. The summed E-state index contributed by atoms with van der Waals surface area (Å²) in [5.41, 5.74) is 3.69. The van der Waals surface area contributed by atoms with Crippen LogP contribution in [0.5, 0.6) is 0 Å². The first-order chi connectivity index (χ1) is 15.9. The number of piperidine rings is 1. The Morgan fingerprint density at radius 1 is 1.06 bits per heavy atom. The summed E-state index contributed by atoms with van der Waals surface area (Å²) in [5, 5.41) is 12.2. The van der Waals surface area contributed by atoms with Gasteiger partial charge >= 0.3 is 0 Å². The van der Waals surface area contributed by atoms with Gasteiger partial charge in [0.25, 0.3) is 0 Å². The molecule has 1 aliphatic rings. The van der Waals surface area contributed by atoms with Gasteiger partial charge in [-0.25, -0.2) is 4.39 Å². The van der Waals surface area contributed by atoms with Crippen molar-refractivity contribution >= 4 is 23.4 Å². The highest BCUT2D eigenvalue weighted by Gasteiger charge is 2.23. The molecule has 174 valence electrons. The smallest absolute Gasteiger partial charge is 0.237 e. The minimum atomic E-state index is -0.393. The molecule has 6 nitrogen and oxygen atoms in total. The second-order valence-electron chi connectivity index (χ2n) is 8.56. The number of nitrogens with zero attached hydrogens (tertiary/aromatic N) is 4. The predicted molar refractivity (Wildman–Crippen MR) is 130 cm³/mol. The van der Waals surface area contributed by atoms with Crippen molar-refractivity contribution in [2.75, 3.05) is 18.4 Å². The number of aromatic nitrogens is 3. The molecule has 1 N–H and O–H groups in total. The van der Waals surface area contributed by atoms with Crippen molar-refractivity contribution in [1.82, 2.24) is 19.7 Å². The SMILES string of the molecule is Cc1cccc(C)c1NC(=O)C(C)Sc1nnc(CN2CCCCC2)n1-c1ccc(F)cc1. The Kier molecular flexibility index (Phi) is 7.45. The van der Waals surface area contributed by atoms with Crippen LogP contribution in [-0.4, -0.2) is 43.9 Å². The van der Waals surface area contributed by atoms with E-state index in [1.54, 1.807) is 12.1 Å². The van der Waals surface area contributed by atoms with E-state index in [2.05, 4.69) is 20.4 Å². The Balaban J connectivity index is 1.57. The number of nitrogens with one attached hydrogen (secondary N) is 1. The molecule has 3 aromatic rings. The van der Waals surface area contributed by atoms with E-state index in [1.807, 2.05) is 43.5 Å². The first-order valence-electron chi connectivity index (χ1n) is 11.4. The van der Waals surface area contributed by atoms with E-state index in [4.69, 9.17) is 0 Å². The lowest BCUT2D eigenvalue weighted by atomic mass is 10.1. The van der Waals surface area contributed by atoms with Gasteiger partial charge in [-0.15, -0.1) is 10.2 Å². The Morgan fingerprint density at radius 2 is 1.73 bits per heavy atom. The summed E-state index contributed by atoms with van der Waals surface area (Å²) < 4.78 is 15.5. The van der Waals surface area contributed by atoms with Crippen LogP contribution < -0.4 is 5.32 Å². The quantitative estimate of drug-likeness (QED) is 0.488. The third-order valence-electron chi connectivity index (χ3n) is 5.98. The lowest BCUT2D eigenvalue weighted by Crippen LogP contribution is -2.30. The molecule has 0 saturated carbocycles. The number of benzene rings is 2. The van der Waals surface area contributed by atoms with Crippen molar-refractivity contribution in [3.05, 3.63) is 65.2 Å². The number of halogens is 1. The molecule has 0 radical (unpaired) electrons. The van der Waals surface area contributed by atoms with Gasteiger partial charge in [0, 0.05) is 11.4 Å². The molecule has 33 heavy (non-hydrogen) atoms. The first-order valence-corrected chi connectivity index (χ1v) is 12.3. The zero-order valence-electron chi connectivity index (χ0n) is 19.3. The molecule has 1 saturated heterocycles. The monoisotopic (exact) mass is 467 g/mol. The minimum absolute atomic E-state index is 0.0939. The third kappa shape index (κ3) is 5.62. The second-order valence-corrected chi connectivity index (χ2v) is 9.87. The van der Waals surface area contributed by atoms with Gasteiger partial charge in [-0.05, 0) is 82.1 Å². The number of aryl methyl sites for hydroxylation is 2. The summed E-state index contributed by atoms with van der Waals surface area (Å²) in [5.74, 6) is 0.414. The number of hydrogen-bond donors (Lipinski definition) is 1. The molecule has 1 atom stereocenters. The van der Waals surface area contributed by atoms with Crippen LogP contribution in [0.4, 0.5) is 10.1 Å². The molecule has 0 bridgehead atoms. The van der Waals surface area contributed by atoms with Crippen LogP contribution in [0.3, 0.4) is 0 Å². The molecule has 0 aliphatic carbocycles. The van der Waals surface area contributed by atoms with Crippen LogP contribution >= 0.6 is 11.8 Å². The van der Waals surface area contributed by atoms with Gasteiger partial charge in [0.2, 0.25) is 5.91 Å². The molecule has 2 heterocycles. The van der Waals surface area contributed by atoms with E-state index in [-0.39, 0.29) is 11.7 Å². The summed E-state index contributed by atoms with van der Waals surface area (Å²) in [6.07, 6.45) is 3.62. The molecule has 8 heteroatoms. The molecular formula is C25H30FN5OS. The number of carbonyl (C=O) groups is 1. The maximum absolute atomic E-state index is 13.6. The standard InChI is InChI=1S/C25H30FN5OS/c1-17-8-7-9-18(2)23(17)27-24(32)19(3)33-25-29-28-22(16-30-14-5-4-6-15-30)31(25)21-12-10-20(26)11-13-21/h7-13,19H,4-6,14-16H2,1-3H3,(H,27,32). The number of carbonyl (C=O) groups excluding carboxylic acids is 1. The van der Waals surface area contributed by atoms with Crippen LogP contribution in [-0.2, 0) is 11.3 Å². The summed E-state index contributed by atoms with van der Waals surface area (Å²) in [6, 6.07) is 12.3. The maximum Gasteiger partial charge on any atom is 0.237 e. The predicted octanol–water partition coefficient (Wildman–Crippen LogP) is 5.13. The van der Waals surface area contributed by atoms with Crippen LogP contribution in [0.1, 0.15) is 43.1 Å². The number of para-hydroxylation sites is 1. The highest BCUT2D eigenvalue weighted by atomic mass is 32.2. The van der Waals surface area contributed by atoms with Crippen molar-refractivity contribution < 1.29 is 9.18 Å². The van der Waals surface area contributed by atoms with Crippen molar-refractivity contribution in [2.24, 2.45) is 0 Å². The van der Waals surface area contributed by atoms with E-state index < -0.39 is 5.25 Å². The highest BCUT2D eigenvalue weighted by Crippen LogP contribution is 2.28. The number of amides is 1. The number of likely N-dealkylation sites (tertiary alicyclic amines) is 1. The minimum Gasteiger partial charge on any atom is -0.325 e. The van der Waals surface area contributed by atoms with Crippen molar-refractivity contribution in [2.45, 2.75) is 57.0 Å². The Hall–Kier alpha value is -2.71. The third-order valence-corrected chi connectivity index (χ3v) is 7.02. The van der Waals surface area contributed by atoms with E-state index in [0.717, 1.165) is 41.4 Å². The van der Waals surface area contributed by atoms with Gasteiger partial charge < -0.3 is 5.32 Å². The molecular weight excluding hydrogens is 437 g/mol. The number of rotatable bonds is 7. The van der Waals surface area contributed by atoms with Crippen LogP contribution in [0.25, 0.3) is 5.69 Å². The summed E-state index contributed by atoms with van der Waals surface area (Å²) >= 11 is 1.36. The van der Waals surface area contributed by atoms with Crippen LogP contribution in [0.2, 0.25) is 0 Å². The van der Waals surface area contributed by atoms with Gasteiger partial charge in [-0.1, -0.05) is 36.4 Å². The first kappa shape index (κ1) is 23.4. The van der Waals surface area contributed by atoms with Crippen LogP contribution in [0.15, 0.2) is 47.6 Å². The normalized spacial score (nSPS) is 15.4. The van der Waals surface area contributed by atoms with Crippen molar-refractivity contribution in [1.29, 1.82) is 0 Å². The number of anilines is 1. The Bertz CT molecular complexity index is 1090. The molecule has 1 unspecified atom stereocenters. The van der Waals surface area contributed by atoms with Crippen molar-refractivity contribution in [3.8, 4) is 5.69 Å². The van der Waals surface area contributed by atoms with E-state index in [0.29, 0.717) is 11.7 Å². The lowest BCUT2D eigenvalue weighted by molar-refractivity contribution is -0.115. The highest BCUT2D eigenvalue weighted by molar-refractivity contribution is 8.00. The van der Waals surface area contributed by atoms with E-state index >= 15 is 0 Å². The van der Waals surface area contributed by atoms with Gasteiger partial charge in [0.1, 0.15) is 5.82 Å². The zero-order valence-corrected chi connectivity index (χ0v) is 20.2. The fourth-order valence-corrected chi connectivity index (χ4v) is 4.98. The maximum atomic E-state index is 13.6. The van der Waals surface area contributed by atoms with Crippen molar-refractivity contribution in [3.63, 3.8) is 0 Å². The van der Waals surface area contributed by atoms with Gasteiger partial charge in [0.05, 0.1) is 11.8 Å². The largest absolute Gasteiger partial charge is 0.325 e. The molecule has 1 fully saturated rings. The molecule has 1 amide bonds. The zero-order chi connectivity index (χ0) is 23.4. The summed E-state index contributed by atoms with van der Waals surface area (Å²) in [6.45, 7) is 8.58. The number of hydrogen-bond acceptors (Lipinski definition) is 5. The molecule has 0 spiro atoms. The molecule has 1 aromatic heterocycles. The van der Waals surface area contributed by atoms with Gasteiger partial charge in [-0.2, -0.15) is 0 Å². The van der Waals surface area contributed by atoms with Gasteiger partial charge in [-0.3, -0.25) is 14.3 Å². The summed E-state index contributed by atoms with van der Waals surface area (Å²) in [7, 11) is 0.